The Hall–Kier alpha value is -2.07. The Labute approximate surface area is 117 Å². The number of nitrogens with two attached hydrogens (primary N) is 1. The summed E-state index contributed by atoms with van der Waals surface area (Å²) in [5.74, 6) is 0.326. The monoisotopic (exact) mass is 270 g/mol. The van der Waals surface area contributed by atoms with Gasteiger partial charge >= 0.3 is 0 Å². The van der Waals surface area contributed by atoms with Crippen LogP contribution in [0.5, 0.6) is 5.75 Å². The molecule has 1 aliphatic carbocycles. The van der Waals surface area contributed by atoms with Crippen LogP contribution in [0, 0.1) is 0 Å². The van der Waals surface area contributed by atoms with Crippen molar-refractivity contribution in [1.29, 1.82) is 0 Å². The van der Waals surface area contributed by atoms with Gasteiger partial charge in [0.1, 0.15) is 11.8 Å². The van der Waals surface area contributed by atoms with Crippen LogP contribution in [-0.2, 0) is 4.79 Å². The van der Waals surface area contributed by atoms with Crippen molar-refractivity contribution in [1.82, 2.24) is 5.32 Å². The van der Waals surface area contributed by atoms with E-state index in [1.807, 2.05) is 36.4 Å². The molecule has 0 saturated heterocycles. The summed E-state index contributed by atoms with van der Waals surface area (Å²) in [6, 6.07) is 11.7. The summed E-state index contributed by atoms with van der Waals surface area (Å²) in [4.78, 5) is 11.9. The molecule has 4 nitrogen and oxygen atoms in total. The third kappa shape index (κ3) is 2.34. The van der Waals surface area contributed by atoms with Gasteiger partial charge in [-0.1, -0.05) is 30.3 Å². The molecule has 20 heavy (non-hydrogen) atoms. The van der Waals surface area contributed by atoms with Crippen molar-refractivity contribution >= 4 is 16.7 Å². The lowest BCUT2D eigenvalue weighted by molar-refractivity contribution is -0.120. The van der Waals surface area contributed by atoms with E-state index in [0.717, 1.165) is 29.2 Å². The van der Waals surface area contributed by atoms with Gasteiger partial charge in [0.05, 0.1) is 7.11 Å². The maximum absolute atomic E-state index is 11.9. The second kappa shape index (κ2) is 5.13. The van der Waals surface area contributed by atoms with E-state index in [4.69, 9.17) is 10.5 Å². The van der Waals surface area contributed by atoms with Crippen LogP contribution in [0.15, 0.2) is 36.4 Å². The van der Waals surface area contributed by atoms with Crippen molar-refractivity contribution in [3.8, 4) is 5.75 Å². The van der Waals surface area contributed by atoms with E-state index in [-0.39, 0.29) is 5.91 Å². The molecule has 2 aromatic rings. The van der Waals surface area contributed by atoms with Crippen molar-refractivity contribution in [2.24, 2.45) is 5.73 Å². The highest BCUT2D eigenvalue weighted by Gasteiger charge is 2.31. The number of nitrogens with one attached hydrogen (secondary N) is 1. The highest BCUT2D eigenvalue weighted by Crippen LogP contribution is 2.35. The maximum atomic E-state index is 11.9. The van der Waals surface area contributed by atoms with Gasteiger partial charge in [-0.3, -0.25) is 10.1 Å². The fourth-order valence-corrected chi connectivity index (χ4v) is 2.54. The van der Waals surface area contributed by atoms with Gasteiger partial charge in [-0.15, -0.1) is 0 Å². The summed E-state index contributed by atoms with van der Waals surface area (Å²) in [5.41, 5.74) is 6.44. The van der Waals surface area contributed by atoms with E-state index in [9.17, 15) is 4.79 Å². The zero-order valence-electron chi connectivity index (χ0n) is 11.4. The Morgan fingerprint density at radius 1 is 1.30 bits per heavy atom. The second-order valence-electron chi connectivity index (χ2n) is 5.18. The van der Waals surface area contributed by atoms with Gasteiger partial charge in [0.2, 0.25) is 5.91 Å². The van der Waals surface area contributed by atoms with E-state index >= 15 is 0 Å². The van der Waals surface area contributed by atoms with Gasteiger partial charge in [0.15, 0.2) is 0 Å². The van der Waals surface area contributed by atoms with Crippen LogP contribution in [0.2, 0.25) is 0 Å². The summed E-state index contributed by atoms with van der Waals surface area (Å²) >= 11 is 0. The number of amides is 1. The zero-order chi connectivity index (χ0) is 14.1. The molecule has 1 saturated carbocycles. The quantitative estimate of drug-likeness (QED) is 0.874. The largest absolute Gasteiger partial charge is 0.496 e. The molecule has 1 unspecified atom stereocenters. The number of hydrogen-bond donors (Lipinski definition) is 2. The Kier molecular flexibility index (Phi) is 3.32. The number of ether oxygens (including phenoxy) is 1. The van der Waals surface area contributed by atoms with E-state index in [0.29, 0.717) is 11.8 Å². The van der Waals surface area contributed by atoms with Crippen molar-refractivity contribution in [3.05, 3.63) is 42.0 Å². The minimum Gasteiger partial charge on any atom is -0.496 e. The van der Waals surface area contributed by atoms with Crippen LogP contribution in [-0.4, -0.2) is 19.1 Å². The third-order valence-electron chi connectivity index (χ3n) is 3.70. The average Bonchev–Trinajstić information content (AvgIpc) is 3.27. The third-order valence-corrected chi connectivity index (χ3v) is 3.70. The number of primary amides is 1. The summed E-state index contributed by atoms with van der Waals surface area (Å²) in [7, 11) is 1.61. The number of rotatable bonds is 5. The highest BCUT2D eigenvalue weighted by atomic mass is 16.5. The van der Waals surface area contributed by atoms with E-state index in [1.54, 1.807) is 7.11 Å². The van der Waals surface area contributed by atoms with Gasteiger partial charge in [0.25, 0.3) is 0 Å². The average molecular weight is 270 g/mol. The summed E-state index contributed by atoms with van der Waals surface area (Å²) < 4.78 is 5.44. The zero-order valence-corrected chi connectivity index (χ0v) is 11.4. The Morgan fingerprint density at radius 3 is 2.70 bits per heavy atom. The molecule has 0 heterocycles. The van der Waals surface area contributed by atoms with E-state index in [1.165, 1.54) is 0 Å². The fourth-order valence-electron chi connectivity index (χ4n) is 2.54. The summed E-state index contributed by atoms with van der Waals surface area (Å²) in [5, 5.41) is 5.40. The van der Waals surface area contributed by atoms with Gasteiger partial charge in [-0.25, -0.2) is 0 Å². The molecule has 0 bridgehead atoms. The molecule has 1 aliphatic rings. The fraction of sp³-hybridized carbons (Fsp3) is 0.312. The van der Waals surface area contributed by atoms with Crippen LogP contribution in [0.25, 0.3) is 10.8 Å². The van der Waals surface area contributed by atoms with Gasteiger partial charge in [0, 0.05) is 11.6 Å². The number of benzene rings is 2. The van der Waals surface area contributed by atoms with Crippen molar-refractivity contribution in [2.75, 3.05) is 7.11 Å². The molecule has 1 atom stereocenters. The summed E-state index contributed by atoms with van der Waals surface area (Å²) in [6.45, 7) is 0. The topological polar surface area (TPSA) is 64.3 Å². The van der Waals surface area contributed by atoms with Crippen LogP contribution in [0.3, 0.4) is 0 Å². The molecular formula is C16H18N2O2. The lowest BCUT2D eigenvalue weighted by Gasteiger charge is -2.20. The van der Waals surface area contributed by atoms with Crippen molar-refractivity contribution < 1.29 is 9.53 Å². The Balaban J connectivity index is 2.16. The first-order valence-corrected chi connectivity index (χ1v) is 6.81. The predicted molar refractivity (Wildman–Crippen MR) is 78.6 cm³/mol. The first-order valence-electron chi connectivity index (χ1n) is 6.81. The minimum atomic E-state index is -0.511. The number of carbonyl (C=O) groups excluding carboxylic acids is 1. The minimum absolute atomic E-state index is 0.369. The maximum Gasteiger partial charge on any atom is 0.239 e. The molecule has 4 heteroatoms. The standard InChI is InChI=1S/C16H18N2O2/c1-20-13-9-6-10-4-2-3-5-12(10)14(13)15(16(17)19)18-11-7-8-11/h2-6,9,11,15,18H,7-8H2,1H3,(H2,17,19). The molecule has 0 spiro atoms. The van der Waals surface area contributed by atoms with Crippen LogP contribution in [0.1, 0.15) is 24.4 Å². The number of hydrogen-bond acceptors (Lipinski definition) is 3. The highest BCUT2D eigenvalue weighted by molar-refractivity contribution is 5.94. The van der Waals surface area contributed by atoms with Crippen LogP contribution < -0.4 is 15.8 Å². The number of fused-ring (bicyclic) bond motifs is 1. The van der Waals surface area contributed by atoms with Crippen LogP contribution in [0.4, 0.5) is 0 Å². The normalized spacial score (nSPS) is 16.1. The van der Waals surface area contributed by atoms with Crippen molar-refractivity contribution in [3.63, 3.8) is 0 Å². The SMILES string of the molecule is COc1ccc2ccccc2c1C(NC1CC1)C(N)=O. The van der Waals surface area contributed by atoms with Gasteiger partial charge < -0.3 is 10.5 Å². The Bertz CT molecular complexity index is 650. The van der Waals surface area contributed by atoms with Gasteiger partial charge in [-0.2, -0.15) is 0 Å². The lowest BCUT2D eigenvalue weighted by atomic mass is 9.97. The molecule has 1 amide bonds. The molecule has 0 radical (unpaired) electrons. The number of methoxy groups -OCH3 is 1. The first kappa shape index (κ1) is 12.9. The molecule has 3 N–H and O–H groups in total. The molecule has 0 aliphatic heterocycles. The van der Waals surface area contributed by atoms with Crippen molar-refractivity contribution in [2.45, 2.75) is 24.9 Å². The van der Waals surface area contributed by atoms with Gasteiger partial charge in [-0.05, 0) is 29.7 Å². The second-order valence-corrected chi connectivity index (χ2v) is 5.18. The molecule has 2 aromatic carbocycles. The molecule has 0 aromatic heterocycles. The smallest absolute Gasteiger partial charge is 0.239 e. The first-order chi connectivity index (χ1) is 9.70. The van der Waals surface area contributed by atoms with E-state index < -0.39 is 6.04 Å². The molecular weight excluding hydrogens is 252 g/mol. The summed E-state index contributed by atoms with van der Waals surface area (Å²) in [6.07, 6.45) is 2.19. The molecule has 1 fully saturated rings. The molecule has 3 rings (SSSR count). The predicted octanol–water partition coefficient (Wildman–Crippen LogP) is 2.13. The van der Waals surface area contributed by atoms with Crippen LogP contribution >= 0.6 is 0 Å². The Morgan fingerprint density at radius 2 is 2.05 bits per heavy atom. The number of carbonyl (C=O) groups is 1. The molecule has 104 valence electrons. The van der Waals surface area contributed by atoms with E-state index in [2.05, 4.69) is 5.32 Å². The lowest BCUT2D eigenvalue weighted by Crippen LogP contribution is -2.35.